The van der Waals surface area contributed by atoms with Crippen molar-refractivity contribution in [2.45, 2.75) is 57.2 Å². The highest BCUT2D eigenvalue weighted by atomic mass is 16.5. The molecule has 2 saturated carbocycles. The van der Waals surface area contributed by atoms with E-state index in [2.05, 4.69) is 6.58 Å². The van der Waals surface area contributed by atoms with Crippen LogP contribution in [-0.4, -0.2) is 12.2 Å². The second-order valence-corrected chi connectivity index (χ2v) is 4.16. The molecule has 0 saturated heterocycles. The van der Waals surface area contributed by atoms with Gasteiger partial charge in [0.1, 0.15) is 0 Å². The van der Waals surface area contributed by atoms with Gasteiger partial charge in [0.15, 0.2) is 0 Å². The lowest BCUT2D eigenvalue weighted by molar-refractivity contribution is -0.0581. The van der Waals surface area contributed by atoms with Gasteiger partial charge in [-0.2, -0.15) is 0 Å². The summed E-state index contributed by atoms with van der Waals surface area (Å²) < 4.78 is 5.94. The van der Waals surface area contributed by atoms with Crippen LogP contribution in [0.2, 0.25) is 0 Å². The molecule has 0 spiro atoms. The first kappa shape index (κ1) is 8.31. The van der Waals surface area contributed by atoms with Gasteiger partial charge >= 0.3 is 0 Å². The van der Waals surface area contributed by atoms with Crippen molar-refractivity contribution >= 4 is 0 Å². The predicted octanol–water partition coefficient (Wildman–Crippen LogP) is 3.05. The number of rotatable bonds is 2. The van der Waals surface area contributed by atoms with E-state index in [4.69, 9.17) is 4.74 Å². The van der Waals surface area contributed by atoms with Crippen LogP contribution >= 0.6 is 0 Å². The van der Waals surface area contributed by atoms with E-state index in [9.17, 15) is 0 Å². The van der Waals surface area contributed by atoms with Crippen LogP contribution < -0.4 is 0 Å². The summed E-state index contributed by atoms with van der Waals surface area (Å²) in [5.74, 6) is 0. The lowest BCUT2D eigenvalue weighted by atomic mass is 9.91. The van der Waals surface area contributed by atoms with E-state index in [0.29, 0.717) is 12.2 Å². The highest BCUT2D eigenvalue weighted by Gasteiger charge is 2.24. The standard InChI is InChI=1S/C11H18O/c1-9-4-2-7-11(8-9)12-10-5-3-6-10/h10-11H,1-8H2. The van der Waals surface area contributed by atoms with Crippen LogP contribution in [0.15, 0.2) is 12.2 Å². The Morgan fingerprint density at radius 1 is 1.08 bits per heavy atom. The molecule has 1 nitrogen and oxygen atoms in total. The van der Waals surface area contributed by atoms with Gasteiger partial charge in [-0.3, -0.25) is 0 Å². The summed E-state index contributed by atoms with van der Waals surface area (Å²) in [5.41, 5.74) is 1.39. The molecule has 2 aliphatic carbocycles. The third-order valence-electron chi connectivity index (χ3n) is 3.01. The Hall–Kier alpha value is -0.300. The Morgan fingerprint density at radius 3 is 2.42 bits per heavy atom. The zero-order valence-electron chi connectivity index (χ0n) is 7.72. The van der Waals surface area contributed by atoms with Crippen LogP contribution in [-0.2, 0) is 4.74 Å². The third kappa shape index (κ3) is 1.89. The average molecular weight is 166 g/mol. The molecule has 0 aromatic heterocycles. The molecule has 0 aromatic carbocycles. The van der Waals surface area contributed by atoms with Gasteiger partial charge in [0.2, 0.25) is 0 Å². The van der Waals surface area contributed by atoms with Gasteiger partial charge in [0.05, 0.1) is 12.2 Å². The van der Waals surface area contributed by atoms with Crippen LogP contribution in [0.1, 0.15) is 44.9 Å². The highest BCUT2D eigenvalue weighted by molar-refractivity contribution is 5.00. The van der Waals surface area contributed by atoms with Crippen molar-refractivity contribution in [3.8, 4) is 0 Å². The summed E-state index contributed by atoms with van der Waals surface area (Å²) >= 11 is 0. The quantitative estimate of drug-likeness (QED) is 0.573. The molecular weight excluding hydrogens is 148 g/mol. The maximum atomic E-state index is 5.94. The van der Waals surface area contributed by atoms with Crippen molar-refractivity contribution in [1.29, 1.82) is 0 Å². The van der Waals surface area contributed by atoms with E-state index in [1.54, 1.807) is 0 Å². The van der Waals surface area contributed by atoms with Gasteiger partial charge in [-0.05, 0) is 44.9 Å². The Balaban J connectivity index is 1.74. The maximum Gasteiger partial charge on any atom is 0.0616 e. The van der Waals surface area contributed by atoms with Gasteiger partial charge in [-0.1, -0.05) is 12.2 Å². The van der Waals surface area contributed by atoms with Gasteiger partial charge < -0.3 is 4.74 Å². The summed E-state index contributed by atoms with van der Waals surface area (Å²) in [6.45, 7) is 4.04. The minimum Gasteiger partial charge on any atom is -0.375 e. The molecule has 0 amide bonds. The van der Waals surface area contributed by atoms with Crippen molar-refractivity contribution in [3.05, 3.63) is 12.2 Å². The van der Waals surface area contributed by atoms with Crippen molar-refractivity contribution < 1.29 is 4.74 Å². The van der Waals surface area contributed by atoms with Gasteiger partial charge in [-0.25, -0.2) is 0 Å². The summed E-state index contributed by atoms with van der Waals surface area (Å²) in [6.07, 6.45) is 9.97. The van der Waals surface area contributed by atoms with Crippen LogP contribution in [0.5, 0.6) is 0 Å². The molecule has 2 fully saturated rings. The van der Waals surface area contributed by atoms with Crippen LogP contribution in [0.4, 0.5) is 0 Å². The van der Waals surface area contributed by atoms with Crippen molar-refractivity contribution in [2.75, 3.05) is 0 Å². The first-order valence-corrected chi connectivity index (χ1v) is 5.17. The third-order valence-corrected chi connectivity index (χ3v) is 3.01. The van der Waals surface area contributed by atoms with E-state index in [1.807, 2.05) is 0 Å². The van der Waals surface area contributed by atoms with Gasteiger partial charge in [0, 0.05) is 0 Å². The number of hydrogen-bond acceptors (Lipinski definition) is 1. The fraction of sp³-hybridized carbons (Fsp3) is 0.818. The normalized spacial score (nSPS) is 31.7. The molecule has 0 radical (unpaired) electrons. The molecule has 0 heterocycles. The van der Waals surface area contributed by atoms with Crippen molar-refractivity contribution in [2.24, 2.45) is 0 Å². The second-order valence-electron chi connectivity index (χ2n) is 4.16. The average Bonchev–Trinajstić information content (AvgIpc) is 1.97. The van der Waals surface area contributed by atoms with Crippen LogP contribution in [0.3, 0.4) is 0 Å². The molecular formula is C11H18O. The monoisotopic (exact) mass is 166 g/mol. The zero-order chi connectivity index (χ0) is 8.39. The largest absolute Gasteiger partial charge is 0.375 e. The van der Waals surface area contributed by atoms with E-state index < -0.39 is 0 Å². The molecule has 0 bridgehead atoms. The fourth-order valence-electron chi connectivity index (χ4n) is 2.00. The molecule has 2 aliphatic rings. The molecule has 1 atom stereocenters. The summed E-state index contributed by atoms with van der Waals surface area (Å²) in [7, 11) is 0. The van der Waals surface area contributed by atoms with E-state index in [1.165, 1.54) is 44.1 Å². The smallest absolute Gasteiger partial charge is 0.0616 e. The number of hydrogen-bond donors (Lipinski definition) is 0. The lowest BCUT2D eigenvalue weighted by Crippen LogP contribution is -2.29. The predicted molar refractivity (Wildman–Crippen MR) is 50.1 cm³/mol. The van der Waals surface area contributed by atoms with E-state index in [0.717, 1.165) is 6.42 Å². The molecule has 0 aromatic rings. The lowest BCUT2D eigenvalue weighted by Gasteiger charge is -2.33. The minimum atomic E-state index is 0.511. The van der Waals surface area contributed by atoms with Crippen molar-refractivity contribution in [3.63, 3.8) is 0 Å². The topological polar surface area (TPSA) is 9.23 Å². The Kier molecular flexibility index (Phi) is 2.50. The first-order chi connectivity index (χ1) is 5.84. The number of ether oxygens (including phenoxy) is 1. The molecule has 0 N–H and O–H groups in total. The van der Waals surface area contributed by atoms with E-state index >= 15 is 0 Å². The zero-order valence-corrected chi connectivity index (χ0v) is 7.72. The molecule has 12 heavy (non-hydrogen) atoms. The molecule has 68 valence electrons. The fourth-order valence-corrected chi connectivity index (χ4v) is 2.00. The maximum absolute atomic E-state index is 5.94. The summed E-state index contributed by atoms with van der Waals surface area (Å²) in [4.78, 5) is 0. The minimum absolute atomic E-state index is 0.511. The van der Waals surface area contributed by atoms with Crippen LogP contribution in [0.25, 0.3) is 0 Å². The summed E-state index contributed by atoms with van der Waals surface area (Å²) in [6, 6.07) is 0. The Morgan fingerprint density at radius 2 is 1.83 bits per heavy atom. The molecule has 1 heteroatoms. The van der Waals surface area contributed by atoms with Gasteiger partial charge in [0.25, 0.3) is 0 Å². The first-order valence-electron chi connectivity index (χ1n) is 5.17. The Bertz CT molecular complexity index is 170. The van der Waals surface area contributed by atoms with E-state index in [-0.39, 0.29) is 0 Å². The molecule has 0 aliphatic heterocycles. The van der Waals surface area contributed by atoms with Gasteiger partial charge in [-0.15, -0.1) is 0 Å². The SMILES string of the molecule is C=C1CCCC(OC2CCC2)C1. The van der Waals surface area contributed by atoms with Crippen molar-refractivity contribution in [1.82, 2.24) is 0 Å². The summed E-state index contributed by atoms with van der Waals surface area (Å²) in [5, 5.41) is 0. The highest BCUT2D eigenvalue weighted by Crippen LogP contribution is 2.30. The van der Waals surface area contributed by atoms with Crippen LogP contribution in [0, 0.1) is 0 Å². The second kappa shape index (κ2) is 3.61. The molecule has 1 unspecified atom stereocenters. The Labute approximate surface area is 74.8 Å². The molecule has 2 rings (SSSR count).